The summed E-state index contributed by atoms with van der Waals surface area (Å²) < 4.78 is 16.8. The smallest absolute Gasteiger partial charge is 0.306 e. The molecular weight excluding hydrogens is 973 g/mol. The molecule has 448 valence electrons. The minimum atomic E-state index is -0.792. The molecule has 0 aromatic rings. The van der Waals surface area contributed by atoms with Gasteiger partial charge < -0.3 is 14.2 Å². The Balaban J connectivity index is 4.25. The molecule has 6 heteroatoms. The quantitative estimate of drug-likeness (QED) is 0.0261. The van der Waals surface area contributed by atoms with Gasteiger partial charge >= 0.3 is 17.9 Å². The fourth-order valence-electron chi connectivity index (χ4n) is 8.76. The Morgan fingerprint density at radius 2 is 0.494 bits per heavy atom. The maximum atomic E-state index is 12.9. The molecule has 0 aliphatic rings. The number of carbonyl (C=O) groups excluding carboxylic acids is 3. The van der Waals surface area contributed by atoms with Gasteiger partial charge in [0.15, 0.2) is 6.10 Å². The predicted molar refractivity (Wildman–Crippen MR) is 343 cm³/mol. The van der Waals surface area contributed by atoms with Gasteiger partial charge in [-0.2, -0.15) is 0 Å². The van der Waals surface area contributed by atoms with E-state index in [0.717, 1.165) is 135 Å². The molecule has 0 rings (SSSR count). The molecule has 0 spiro atoms. The van der Waals surface area contributed by atoms with Gasteiger partial charge in [0.1, 0.15) is 13.2 Å². The minimum Gasteiger partial charge on any atom is -0.462 e. The lowest BCUT2D eigenvalue weighted by Gasteiger charge is -2.18. The van der Waals surface area contributed by atoms with Gasteiger partial charge in [0, 0.05) is 19.3 Å². The number of ether oxygens (including phenoxy) is 3. The van der Waals surface area contributed by atoms with Gasteiger partial charge in [-0.25, -0.2) is 0 Å². The zero-order valence-electron chi connectivity index (χ0n) is 51.3. The summed E-state index contributed by atoms with van der Waals surface area (Å²) in [5.74, 6) is -0.919. The predicted octanol–water partition coefficient (Wildman–Crippen LogP) is 22.5. The molecule has 0 N–H and O–H groups in total. The number of hydrogen-bond acceptors (Lipinski definition) is 6. The summed E-state index contributed by atoms with van der Waals surface area (Å²) in [5.41, 5.74) is 0. The van der Waals surface area contributed by atoms with Gasteiger partial charge in [0.2, 0.25) is 0 Å². The molecule has 0 saturated heterocycles. The molecule has 0 fully saturated rings. The van der Waals surface area contributed by atoms with E-state index < -0.39 is 6.10 Å². The van der Waals surface area contributed by atoms with Crippen molar-refractivity contribution >= 4 is 17.9 Å². The third-order valence-corrected chi connectivity index (χ3v) is 13.6. The third kappa shape index (κ3) is 64.3. The minimum absolute atomic E-state index is 0.0883. The van der Waals surface area contributed by atoms with Crippen molar-refractivity contribution in [1.82, 2.24) is 0 Å². The Kier molecular flexibility index (Phi) is 62.3. The molecule has 0 saturated carbocycles. The lowest BCUT2D eigenvalue weighted by Crippen LogP contribution is -2.30. The summed E-state index contributed by atoms with van der Waals surface area (Å²) in [4.78, 5) is 38.1. The Morgan fingerprint density at radius 3 is 0.785 bits per heavy atom. The van der Waals surface area contributed by atoms with E-state index in [1.165, 1.54) is 116 Å². The van der Waals surface area contributed by atoms with E-state index in [0.29, 0.717) is 19.3 Å². The van der Waals surface area contributed by atoms with Crippen LogP contribution >= 0.6 is 0 Å². The van der Waals surface area contributed by atoms with Crippen LogP contribution in [0.25, 0.3) is 0 Å². The molecule has 1 atom stereocenters. The number of unbranched alkanes of at least 4 members (excludes halogenated alkanes) is 25. The molecule has 0 bridgehead atoms. The van der Waals surface area contributed by atoms with Gasteiger partial charge in [-0.15, -0.1) is 0 Å². The lowest BCUT2D eigenvalue weighted by atomic mass is 10.1. The van der Waals surface area contributed by atoms with Crippen LogP contribution in [0, 0.1) is 0 Å². The molecular formula is C73H120O6. The molecule has 0 radical (unpaired) electrons. The first-order chi connectivity index (χ1) is 39.0. The van der Waals surface area contributed by atoms with Crippen molar-refractivity contribution < 1.29 is 28.6 Å². The van der Waals surface area contributed by atoms with Crippen LogP contribution in [0.1, 0.15) is 290 Å². The highest BCUT2D eigenvalue weighted by molar-refractivity contribution is 5.71. The van der Waals surface area contributed by atoms with Crippen LogP contribution in [-0.2, 0) is 28.6 Å². The van der Waals surface area contributed by atoms with Crippen molar-refractivity contribution in [2.24, 2.45) is 0 Å². The van der Waals surface area contributed by atoms with E-state index in [-0.39, 0.29) is 31.1 Å². The molecule has 0 aromatic heterocycles. The molecule has 79 heavy (non-hydrogen) atoms. The first-order valence-electron chi connectivity index (χ1n) is 32.7. The number of allylic oxidation sites excluding steroid dienone is 22. The van der Waals surface area contributed by atoms with E-state index in [1.54, 1.807) is 0 Å². The van der Waals surface area contributed by atoms with Gasteiger partial charge in [0.25, 0.3) is 0 Å². The van der Waals surface area contributed by atoms with Crippen LogP contribution in [0.4, 0.5) is 0 Å². The van der Waals surface area contributed by atoms with Crippen LogP contribution in [0.2, 0.25) is 0 Å². The van der Waals surface area contributed by atoms with Crippen molar-refractivity contribution in [3.63, 3.8) is 0 Å². The number of carbonyl (C=O) groups is 3. The van der Waals surface area contributed by atoms with Crippen molar-refractivity contribution in [3.05, 3.63) is 134 Å². The standard InChI is InChI=1S/C73H120O6/c1-4-7-10-13-16-19-21-23-25-27-28-29-30-31-32-33-34-35-36-37-38-39-40-41-42-43-44-46-47-49-51-54-57-60-63-66-72(75)78-69-70(68-77-71(74)65-62-59-56-53-18-15-12-9-6-3)79-73(76)67-64-61-58-55-52-50-48-45-26-24-22-20-17-14-11-8-5-2/h7,10,16,19,23-26,28-29,31-32,34-35,37-38,40-41,43-44,47,49,70H,4-6,8-9,11-15,17-18,20-22,27,30,33,36,39,42,45-46,48,50-69H2,1-3H3/b10-7-,19-16-,25-23-,26-24-,29-28-,32-31-,35-34-,38-37-,41-40-,44-43-,49-47-. The maximum Gasteiger partial charge on any atom is 0.306 e. The van der Waals surface area contributed by atoms with Crippen LogP contribution in [-0.4, -0.2) is 37.2 Å². The second-order valence-corrected chi connectivity index (χ2v) is 21.3. The largest absolute Gasteiger partial charge is 0.462 e. The van der Waals surface area contributed by atoms with E-state index >= 15 is 0 Å². The normalized spacial score (nSPS) is 13.0. The molecule has 6 nitrogen and oxygen atoms in total. The number of hydrogen-bond donors (Lipinski definition) is 0. The van der Waals surface area contributed by atoms with Crippen LogP contribution in [0.15, 0.2) is 134 Å². The van der Waals surface area contributed by atoms with Crippen molar-refractivity contribution in [2.45, 2.75) is 297 Å². The molecule has 0 amide bonds. The second-order valence-electron chi connectivity index (χ2n) is 21.3. The van der Waals surface area contributed by atoms with E-state index in [2.05, 4.69) is 154 Å². The van der Waals surface area contributed by atoms with Crippen molar-refractivity contribution in [3.8, 4) is 0 Å². The average molecular weight is 1090 g/mol. The Morgan fingerprint density at radius 1 is 0.266 bits per heavy atom. The number of esters is 3. The molecule has 0 aliphatic heterocycles. The SMILES string of the molecule is CC/C=C\C/C=C\C/C=C\C/C=C\C/C=C\C/C=C\C/C=C\C/C=C\C/C=C\C/C=C\CCCCCCC(=O)OCC(COC(=O)CCCCCCCCCCC)OC(=O)CCCCCCCCC/C=C\CCCCCCCC. The monoisotopic (exact) mass is 1090 g/mol. The van der Waals surface area contributed by atoms with Gasteiger partial charge in [-0.3, -0.25) is 14.4 Å². The maximum absolute atomic E-state index is 12.9. The third-order valence-electron chi connectivity index (χ3n) is 13.6. The highest BCUT2D eigenvalue weighted by Gasteiger charge is 2.19. The van der Waals surface area contributed by atoms with Gasteiger partial charge in [-0.05, 0) is 122 Å². The zero-order chi connectivity index (χ0) is 57.1. The fourth-order valence-corrected chi connectivity index (χ4v) is 8.76. The summed E-state index contributed by atoms with van der Waals surface area (Å²) in [6.45, 7) is 6.48. The summed E-state index contributed by atoms with van der Waals surface area (Å²) in [6, 6.07) is 0. The number of rotatable bonds is 58. The highest BCUT2D eigenvalue weighted by Crippen LogP contribution is 2.15. The Hall–Kier alpha value is -4.45. The van der Waals surface area contributed by atoms with Crippen molar-refractivity contribution in [2.75, 3.05) is 13.2 Å². The first kappa shape index (κ1) is 74.5. The van der Waals surface area contributed by atoms with Crippen molar-refractivity contribution in [1.29, 1.82) is 0 Å². The van der Waals surface area contributed by atoms with Gasteiger partial charge in [0.05, 0.1) is 0 Å². The summed E-state index contributed by atoms with van der Waals surface area (Å²) >= 11 is 0. The zero-order valence-corrected chi connectivity index (χ0v) is 51.3. The summed E-state index contributed by atoms with van der Waals surface area (Å²) in [7, 11) is 0. The molecule has 0 aromatic carbocycles. The second kappa shape index (κ2) is 66.1. The fraction of sp³-hybridized carbons (Fsp3) is 0.658. The average Bonchev–Trinajstić information content (AvgIpc) is 3.45. The van der Waals surface area contributed by atoms with E-state index in [4.69, 9.17) is 14.2 Å². The highest BCUT2D eigenvalue weighted by atomic mass is 16.6. The summed E-state index contributed by atoms with van der Waals surface area (Å²) in [6.07, 6.45) is 93.3. The first-order valence-corrected chi connectivity index (χ1v) is 32.7. The van der Waals surface area contributed by atoms with Crippen LogP contribution in [0.5, 0.6) is 0 Å². The van der Waals surface area contributed by atoms with E-state index in [1.807, 2.05) is 0 Å². The van der Waals surface area contributed by atoms with Crippen LogP contribution in [0.3, 0.4) is 0 Å². The van der Waals surface area contributed by atoms with E-state index in [9.17, 15) is 14.4 Å². The molecule has 1 unspecified atom stereocenters. The molecule has 0 heterocycles. The van der Waals surface area contributed by atoms with Crippen LogP contribution < -0.4 is 0 Å². The Labute approximate surface area is 487 Å². The lowest BCUT2D eigenvalue weighted by molar-refractivity contribution is -0.167. The summed E-state index contributed by atoms with van der Waals surface area (Å²) in [5, 5.41) is 0. The topological polar surface area (TPSA) is 78.9 Å². The molecule has 0 aliphatic carbocycles. The Bertz CT molecular complexity index is 1680. The van der Waals surface area contributed by atoms with Gasteiger partial charge in [-0.1, -0.05) is 283 Å².